The summed E-state index contributed by atoms with van der Waals surface area (Å²) in [7, 11) is 0. The van der Waals surface area contributed by atoms with E-state index in [0.717, 1.165) is 6.42 Å². The number of hydrogen-bond donors (Lipinski definition) is 0. The topological polar surface area (TPSA) is 60.9 Å². The molecule has 0 unspecified atom stereocenters. The second-order valence-electron chi connectivity index (χ2n) is 6.25. The number of carbonyl (C=O) groups is 1. The first-order valence-corrected chi connectivity index (χ1v) is 10.0. The zero-order chi connectivity index (χ0) is 19.2. The van der Waals surface area contributed by atoms with Gasteiger partial charge in [0.05, 0.1) is 12.0 Å². The number of Topliss-reactive ketones (excluding diaryl/α,β-unsaturated/α-hetero) is 1. The Hall–Kier alpha value is -3.12. The molecule has 0 saturated heterocycles. The molecular formula is C22H19N3O2S. The maximum absolute atomic E-state index is 12.4. The van der Waals surface area contributed by atoms with E-state index in [1.165, 1.54) is 17.3 Å². The van der Waals surface area contributed by atoms with Crippen LogP contribution in [0.1, 0.15) is 15.9 Å². The molecule has 5 nitrogen and oxygen atoms in total. The van der Waals surface area contributed by atoms with Crippen molar-refractivity contribution in [1.82, 2.24) is 14.8 Å². The molecule has 0 radical (unpaired) electrons. The molecule has 2 heterocycles. The Balaban J connectivity index is 1.53. The van der Waals surface area contributed by atoms with Crippen LogP contribution in [0, 0.1) is 0 Å². The predicted molar refractivity (Wildman–Crippen MR) is 109 cm³/mol. The molecule has 0 aliphatic rings. The van der Waals surface area contributed by atoms with Crippen molar-refractivity contribution < 1.29 is 9.21 Å². The molecule has 4 aromatic rings. The number of aryl methyl sites for hydroxylation is 1. The maximum Gasteiger partial charge on any atom is 0.200 e. The van der Waals surface area contributed by atoms with E-state index in [-0.39, 0.29) is 5.78 Å². The lowest BCUT2D eigenvalue weighted by atomic mass is 10.1. The Morgan fingerprint density at radius 3 is 2.39 bits per heavy atom. The Bertz CT molecular complexity index is 1030. The number of hydrogen-bond acceptors (Lipinski definition) is 5. The molecule has 28 heavy (non-hydrogen) atoms. The third-order valence-corrected chi connectivity index (χ3v) is 5.32. The van der Waals surface area contributed by atoms with E-state index >= 15 is 0 Å². The van der Waals surface area contributed by atoms with Crippen molar-refractivity contribution in [2.24, 2.45) is 0 Å². The highest BCUT2D eigenvalue weighted by atomic mass is 32.2. The third-order valence-electron chi connectivity index (χ3n) is 4.35. The van der Waals surface area contributed by atoms with Crippen molar-refractivity contribution >= 4 is 17.5 Å². The summed E-state index contributed by atoms with van der Waals surface area (Å²) >= 11 is 1.40. The highest BCUT2D eigenvalue weighted by Gasteiger charge is 2.17. The molecule has 0 saturated carbocycles. The molecule has 0 atom stereocenters. The fraction of sp³-hybridized carbons (Fsp3) is 0.136. The summed E-state index contributed by atoms with van der Waals surface area (Å²) in [6.07, 6.45) is 2.46. The minimum atomic E-state index is 0.0720. The van der Waals surface area contributed by atoms with Crippen LogP contribution in [0.15, 0.2) is 88.6 Å². The standard InChI is InChI=1S/C22H19N3O2S/c26-19(18-10-5-2-6-11-18)16-28-22-24-23-21(20-12-7-15-27-20)25(22)14-13-17-8-3-1-4-9-17/h1-12,15H,13-14,16H2. The smallest absolute Gasteiger partial charge is 0.200 e. The minimum Gasteiger partial charge on any atom is -0.461 e. The van der Waals surface area contributed by atoms with E-state index in [0.29, 0.717) is 34.6 Å². The molecule has 140 valence electrons. The van der Waals surface area contributed by atoms with Crippen molar-refractivity contribution in [2.45, 2.75) is 18.1 Å². The van der Waals surface area contributed by atoms with Gasteiger partial charge >= 0.3 is 0 Å². The number of ketones is 1. The number of furan rings is 1. The Morgan fingerprint density at radius 2 is 1.68 bits per heavy atom. The quantitative estimate of drug-likeness (QED) is 0.321. The van der Waals surface area contributed by atoms with Gasteiger partial charge < -0.3 is 4.42 Å². The van der Waals surface area contributed by atoms with Gasteiger partial charge in [0.15, 0.2) is 22.5 Å². The van der Waals surface area contributed by atoms with Crippen molar-refractivity contribution in [2.75, 3.05) is 5.75 Å². The summed E-state index contributed by atoms with van der Waals surface area (Å²) in [5, 5.41) is 9.34. The average Bonchev–Trinajstić information content (AvgIpc) is 3.41. The molecule has 6 heteroatoms. The normalized spacial score (nSPS) is 10.9. The van der Waals surface area contributed by atoms with E-state index in [1.807, 2.05) is 65.2 Å². The molecule has 0 bridgehead atoms. The molecule has 4 rings (SSSR count). The summed E-state index contributed by atoms with van der Waals surface area (Å²) in [6, 6.07) is 23.3. The zero-order valence-corrected chi connectivity index (χ0v) is 16.0. The molecule has 0 amide bonds. The highest BCUT2D eigenvalue weighted by molar-refractivity contribution is 7.99. The highest BCUT2D eigenvalue weighted by Crippen LogP contribution is 2.25. The maximum atomic E-state index is 12.4. The van der Waals surface area contributed by atoms with E-state index in [4.69, 9.17) is 4.42 Å². The molecule has 2 aromatic carbocycles. The van der Waals surface area contributed by atoms with E-state index < -0.39 is 0 Å². The van der Waals surface area contributed by atoms with Crippen molar-refractivity contribution in [1.29, 1.82) is 0 Å². The molecule has 0 fully saturated rings. The first-order valence-electron chi connectivity index (χ1n) is 9.03. The lowest BCUT2D eigenvalue weighted by Crippen LogP contribution is -2.07. The molecule has 0 spiro atoms. The van der Waals surface area contributed by atoms with Gasteiger partial charge in [0.25, 0.3) is 0 Å². The Morgan fingerprint density at radius 1 is 0.929 bits per heavy atom. The van der Waals surface area contributed by atoms with Crippen LogP contribution in [0.25, 0.3) is 11.6 Å². The van der Waals surface area contributed by atoms with Crippen LogP contribution in [0.3, 0.4) is 0 Å². The van der Waals surface area contributed by atoms with Gasteiger partial charge in [-0.25, -0.2) is 0 Å². The summed E-state index contributed by atoms with van der Waals surface area (Å²) in [6.45, 7) is 0.703. The number of aromatic nitrogens is 3. The number of benzene rings is 2. The average molecular weight is 389 g/mol. The summed E-state index contributed by atoms with van der Waals surface area (Å²) in [5.74, 6) is 1.73. The first-order chi connectivity index (χ1) is 13.8. The van der Waals surface area contributed by atoms with Gasteiger partial charge in [0.1, 0.15) is 0 Å². The monoisotopic (exact) mass is 389 g/mol. The largest absolute Gasteiger partial charge is 0.461 e. The zero-order valence-electron chi connectivity index (χ0n) is 15.2. The number of carbonyl (C=O) groups excluding carboxylic acids is 1. The van der Waals surface area contributed by atoms with Crippen LogP contribution in [0.4, 0.5) is 0 Å². The summed E-state index contributed by atoms with van der Waals surface area (Å²) < 4.78 is 7.54. The van der Waals surface area contributed by atoms with E-state index in [1.54, 1.807) is 6.26 Å². The molecule has 0 aliphatic carbocycles. The molecule has 0 N–H and O–H groups in total. The summed E-state index contributed by atoms with van der Waals surface area (Å²) in [5.41, 5.74) is 1.94. The molecule has 2 aromatic heterocycles. The second-order valence-corrected chi connectivity index (χ2v) is 7.19. The van der Waals surface area contributed by atoms with Gasteiger partial charge in [-0.3, -0.25) is 9.36 Å². The Labute approximate surface area is 167 Å². The van der Waals surface area contributed by atoms with E-state index in [2.05, 4.69) is 22.3 Å². The van der Waals surface area contributed by atoms with Crippen molar-refractivity contribution in [3.05, 3.63) is 90.2 Å². The minimum absolute atomic E-state index is 0.0720. The number of thioether (sulfide) groups is 1. The fourth-order valence-corrected chi connectivity index (χ4v) is 3.77. The van der Waals surface area contributed by atoms with Crippen LogP contribution in [0.5, 0.6) is 0 Å². The van der Waals surface area contributed by atoms with Crippen LogP contribution in [-0.4, -0.2) is 26.3 Å². The molecular weight excluding hydrogens is 370 g/mol. The lowest BCUT2D eigenvalue weighted by molar-refractivity contribution is 0.102. The van der Waals surface area contributed by atoms with Crippen LogP contribution in [-0.2, 0) is 13.0 Å². The number of nitrogens with zero attached hydrogens (tertiary/aromatic N) is 3. The van der Waals surface area contributed by atoms with E-state index in [9.17, 15) is 4.79 Å². The van der Waals surface area contributed by atoms with Gasteiger partial charge in [-0.05, 0) is 24.1 Å². The predicted octanol–water partition coefficient (Wildman–Crippen LogP) is 4.76. The van der Waals surface area contributed by atoms with Crippen LogP contribution >= 0.6 is 11.8 Å². The number of rotatable bonds is 8. The fourth-order valence-electron chi connectivity index (χ4n) is 2.91. The van der Waals surface area contributed by atoms with Crippen molar-refractivity contribution in [3.63, 3.8) is 0 Å². The van der Waals surface area contributed by atoms with Gasteiger partial charge in [-0.1, -0.05) is 72.4 Å². The van der Waals surface area contributed by atoms with Gasteiger partial charge in [0.2, 0.25) is 0 Å². The van der Waals surface area contributed by atoms with Crippen LogP contribution in [0.2, 0.25) is 0 Å². The second kappa shape index (κ2) is 8.71. The van der Waals surface area contributed by atoms with Gasteiger partial charge in [-0.15, -0.1) is 10.2 Å². The summed E-state index contributed by atoms with van der Waals surface area (Å²) in [4.78, 5) is 12.4. The van der Waals surface area contributed by atoms with Crippen molar-refractivity contribution in [3.8, 4) is 11.6 Å². The van der Waals surface area contributed by atoms with Gasteiger partial charge in [-0.2, -0.15) is 0 Å². The Kier molecular flexibility index (Phi) is 5.68. The first kappa shape index (κ1) is 18.3. The van der Waals surface area contributed by atoms with Crippen LogP contribution < -0.4 is 0 Å². The SMILES string of the molecule is O=C(CSc1nnc(-c2ccco2)n1CCc1ccccc1)c1ccccc1. The third kappa shape index (κ3) is 4.23. The molecule has 0 aliphatic heterocycles. The van der Waals surface area contributed by atoms with Gasteiger partial charge in [0, 0.05) is 12.1 Å². The lowest BCUT2D eigenvalue weighted by Gasteiger charge is -2.09.